The number of hydrogen-bond donors (Lipinski definition) is 0. The summed E-state index contributed by atoms with van der Waals surface area (Å²) in [6, 6.07) is 1.64. The van der Waals surface area contributed by atoms with Crippen LogP contribution in [-0.4, -0.2) is 25.8 Å². The number of pyridine rings is 1. The van der Waals surface area contributed by atoms with Crippen molar-refractivity contribution in [1.82, 2.24) is 0 Å². The maximum atomic E-state index is 11.4. The van der Waals surface area contributed by atoms with Gasteiger partial charge in [-0.3, -0.25) is 0 Å². The van der Waals surface area contributed by atoms with Gasteiger partial charge in [0.2, 0.25) is 0 Å². The van der Waals surface area contributed by atoms with Crippen molar-refractivity contribution in [2.45, 2.75) is 13.8 Å². The number of carbonyl (C=O) groups excluding carboxylic acids is 2. The molecule has 0 aliphatic carbocycles. The minimum Gasteiger partial charge on any atom is -0.465 e. The molecule has 0 atom stereocenters. The van der Waals surface area contributed by atoms with Gasteiger partial charge in [0.1, 0.15) is 5.56 Å². The molecule has 0 spiro atoms. The third kappa shape index (κ3) is 2.79. The zero-order chi connectivity index (χ0) is 12.1. The number of rotatable bonds is 2. The summed E-state index contributed by atoms with van der Waals surface area (Å²) in [7, 11) is 1.29. The zero-order valence-corrected chi connectivity index (χ0v) is 9.52. The van der Waals surface area contributed by atoms with Gasteiger partial charge in [-0.2, -0.15) is 4.79 Å². The summed E-state index contributed by atoms with van der Waals surface area (Å²) in [6.07, 6.45) is 2.46. The van der Waals surface area contributed by atoms with E-state index in [4.69, 9.17) is 4.74 Å². The van der Waals surface area contributed by atoms with Crippen molar-refractivity contribution in [3.63, 3.8) is 0 Å². The second-order valence-corrected chi connectivity index (χ2v) is 3.20. The van der Waals surface area contributed by atoms with Gasteiger partial charge in [0.25, 0.3) is 0 Å². The van der Waals surface area contributed by atoms with E-state index in [9.17, 15) is 9.59 Å². The van der Waals surface area contributed by atoms with Crippen LogP contribution in [0.15, 0.2) is 18.5 Å². The molecule has 0 bridgehead atoms. The fourth-order valence-corrected chi connectivity index (χ4v) is 1.26. The first-order chi connectivity index (χ1) is 7.58. The number of nitrogens with zero attached hydrogens (tertiary/aromatic N) is 1. The molecule has 86 valence electrons. The predicted octanol–water partition coefficient (Wildman–Crippen LogP) is 1.07. The van der Waals surface area contributed by atoms with Gasteiger partial charge in [0.05, 0.1) is 13.7 Å². The second kappa shape index (κ2) is 5.25. The van der Waals surface area contributed by atoms with Crippen molar-refractivity contribution in [3.05, 3.63) is 29.6 Å². The summed E-state index contributed by atoms with van der Waals surface area (Å²) in [5.74, 6) is -0.484. The lowest BCUT2D eigenvalue weighted by atomic mass is 10.2. The van der Waals surface area contributed by atoms with Gasteiger partial charge >= 0.3 is 12.1 Å². The molecular weight excluding hydrogens is 210 g/mol. The van der Waals surface area contributed by atoms with E-state index in [1.54, 1.807) is 26.1 Å². The molecule has 1 aromatic rings. The van der Waals surface area contributed by atoms with Gasteiger partial charge in [-0.15, -0.1) is 0 Å². The highest BCUT2D eigenvalue weighted by Crippen LogP contribution is 2.01. The first-order valence-electron chi connectivity index (χ1n) is 4.87. The Morgan fingerprint density at radius 1 is 1.38 bits per heavy atom. The highest BCUT2D eigenvalue weighted by molar-refractivity contribution is 5.88. The maximum Gasteiger partial charge on any atom is 0.601 e. The Labute approximate surface area is 93.6 Å². The van der Waals surface area contributed by atoms with Crippen LogP contribution >= 0.6 is 0 Å². The molecule has 1 rings (SSSR count). The van der Waals surface area contributed by atoms with Crippen LogP contribution in [0.1, 0.15) is 22.8 Å². The summed E-state index contributed by atoms with van der Waals surface area (Å²) in [5.41, 5.74) is 1.09. The standard InChI is InChI=1S/C11H14NO4/c1-4-16-11(14)12-6-8(2)5-9(7-12)10(13)15-3/h5-7H,4H2,1-3H3/q+1. The molecule has 0 aromatic carbocycles. The van der Waals surface area contributed by atoms with Crippen molar-refractivity contribution in [2.75, 3.05) is 13.7 Å². The van der Waals surface area contributed by atoms with Gasteiger partial charge in [0.15, 0.2) is 12.4 Å². The number of ether oxygens (including phenoxy) is 2. The van der Waals surface area contributed by atoms with Crippen molar-refractivity contribution in [3.8, 4) is 0 Å². The average molecular weight is 224 g/mol. The number of aryl methyl sites for hydroxylation is 1. The van der Waals surface area contributed by atoms with E-state index in [0.717, 1.165) is 5.56 Å². The van der Waals surface area contributed by atoms with Crippen LogP contribution in [0, 0.1) is 6.92 Å². The van der Waals surface area contributed by atoms with Crippen LogP contribution in [0.2, 0.25) is 0 Å². The van der Waals surface area contributed by atoms with Crippen LogP contribution in [-0.2, 0) is 9.47 Å². The number of methoxy groups -OCH3 is 1. The molecule has 0 aliphatic heterocycles. The Morgan fingerprint density at radius 2 is 2.06 bits per heavy atom. The Hall–Kier alpha value is -1.91. The third-order valence-electron chi connectivity index (χ3n) is 1.90. The number of hydrogen-bond acceptors (Lipinski definition) is 4. The smallest absolute Gasteiger partial charge is 0.465 e. The van der Waals surface area contributed by atoms with Crippen LogP contribution in [0.3, 0.4) is 0 Å². The molecule has 5 heteroatoms. The Kier molecular flexibility index (Phi) is 3.99. The first kappa shape index (κ1) is 12.2. The molecule has 1 aromatic heterocycles. The summed E-state index contributed by atoms with van der Waals surface area (Å²) in [5, 5.41) is 0. The van der Waals surface area contributed by atoms with E-state index in [2.05, 4.69) is 4.74 Å². The molecule has 0 saturated carbocycles. The number of carbonyl (C=O) groups is 2. The van der Waals surface area contributed by atoms with Gasteiger partial charge in [-0.1, -0.05) is 4.57 Å². The molecule has 0 radical (unpaired) electrons. The van der Waals surface area contributed by atoms with Crippen molar-refractivity contribution >= 4 is 12.1 Å². The molecule has 0 fully saturated rings. The van der Waals surface area contributed by atoms with Gasteiger partial charge in [0, 0.05) is 5.56 Å². The van der Waals surface area contributed by atoms with Gasteiger partial charge in [-0.25, -0.2) is 4.79 Å². The highest BCUT2D eigenvalue weighted by Gasteiger charge is 2.20. The summed E-state index contributed by atoms with van der Waals surface area (Å²) in [4.78, 5) is 22.8. The van der Waals surface area contributed by atoms with Gasteiger partial charge in [-0.05, 0) is 19.9 Å². The molecular formula is C11H14NO4+. The fraction of sp³-hybridized carbons (Fsp3) is 0.364. The summed E-state index contributed by atoms with van der Waals surface area (Å²) < 4.78 is 10.6. The highest BCUT2D eigenvalue weighted by atomic mass is 16.5. The lowest BCUT2D eigenvalue weighted by Gasteiger charge is -2.00. The Morgan fingerprint density at radius 3 is 2.62 bits per heavy atom. The molecule has 0 amide bonds. The maximum absolute atomic E-state index is 11.4. The van der Waals surface area contributed by atoms with Gasteiger partial charge < -0.3 is 9.47 Å². The van der Waals surface area contributed by atoms with E-state index in [0.29, 0.717) is 5.56 Å². The molecule has 5 nitrogen and oxygen atoms in total. The summed E-state index contributed by atoms with van der Waals surface area (Å²) >= 11 is 0. The van der Waals surface area contributed by atoms with Crippen molar-refractivity contribution in [1.29, 1.82) is 0 Å². The molecule has 0 unspecified atom stereocenters. The quantitative estimate of drug-likeness (QED) is 0.557. The van der Waals surface area contributed by atoms with Crippen molar-refractivity contribution in [2.24, 2.45) is 0 Å². The minimum absolute atomic E-state index is 0.285. The second-order valence-electron chi connectivity index (χ2n) is 3.20. The lowest BCUT2D eigenvalue weighted by Crippen LogP contribution is -2.43. The Bertz CT molecular complexity index is 414. The number of aromatic nitrogens is 1. The molecule has 0 saturated heterocycles. The van der Waals surface area contributed by atoms with E-state index >= 15 is 0 Å². The normalized spacial score (nSPS) is 9.69. The Balaban J connectivity index is 3.07. The third-order valence-corrected chi connectivity index (χ3v) is 1.90. The first-order valence-corrected chi connectivity index (χ1v) is 4.87. The zero-order valence-electron chi connectivity index (χ0n) is 9.52. The lowest BCUT2D eigenvalue weighted by molar-refractivity contribution is -0.586. The van der Waals surface area contributed by atoms with E-state index in [-0.39, 0.29) is 6.61 Å². The minimum atomic E-state index is -0.517. The predicted molar refractivity (Wildman–Crippen MR) is 55.1 cm³/mol. The van der Waals surface area contributed by atoms with Crippen LogP contribution < -0.4 is 4.57 Å². The van der Waals surface area contributed by atoms with Crippen molar-refractivity contribution < 1.29 is 23.6 Å². The molecule has 16 heavy (non-hydrogen) atoms. The SMILES string of the molecule is CCOC(=O)[n+]1cc(C)cc(C(=O)OC)c1. The number of esters is 1. The average Bonchev–Trinajstić information content (AvgIpc) is 2.27. The topological polar surface area (TPSA) is 56.5 Å². The van der Waals surface area contributed by atoms with Crippen LogP contribution in [0.5, 0.6) is 0 Å². The summed E-state index contributed by atoms with van der Waals surface area (Å²) in [6.45, 7) is 3.78. The monoisotopic (exact) mass is 224 g/mol. The van der Waals surface area contributed by atoms with E-state index in [1.165, 1.54) is 17.9 Å². The van der Waals surface area contributed by atoms with E-state index in [1.807, 2.05) is 0 Å². The molecule has 0 aliphatic rings. The molecule has 1 heterocycles. The van der Waals surface area contributed by atoms with Crippen LogP contribution in [0.25, 0.3) is 0 Å². The largest absolute Gasteiger partial charge is 0.601 e. The van der Waals surface area contributed by atoms with E-state index < -0.39 is 12.1 Å². The fourth-order valence-electron chi connectivity index (χ4n) is 1.26. The van der Waals surface area contributed by atoms with Crippen LogP contribution in [0.4, 0.5) is 4.79 Å². The molecule has 0 N–H and O–H groups in total.